The van der Waals surface area contributed by atoms with Gasteiger partial charge in [-0.05, 0) is 48.4 Å². The van der Waals surface area contributed by atoms with Crippen molar-refractivity contribution in [3.05, 3.63) is 52.5 Å². The first-order valence-corrected chi connectivity index (χ1v) is 10.4. The second kappa shape index (κ2) is 12.8. The lowest BCUT2D eigenvalue weighted by Gasteiger charge is -2.11. The van der Waals surface area contributed by atoms with E-state index < -0.39 is 0 Å². The number of carbonyl (C=O) groups excluding carboxylic acids is 1. The van der Waals surface area contributed by atoms with E-state index in [1.54, 1.807) is 25.5 Å². The highest BCUT2D eigenvalue weighted by molar-refractivity contribution is 9.10. The van der Waals surface area contributed by atoms with Crippen LogP contribution in [0.2, 0.25) is 0 Å². The smallest absolute Gasteiger partial charge is 0.277 e. The molecule has 0 atom stereocenters. The number of amides is 1. The Morgan fingerprint density at radius 3 is 2.72 bits per heavy atom. The lowest BCUT2D eigenvalue weighted by Crippen LogP contribution is -2.24. The third-order valence-electron chi connectivity index (χ3n) is 4.01. The second-order valence-corrected chi connectivity index (χ2v) is 7.27. The largest absolute Gasteiger partial charge is 0.493 e. The van der Waals surface area contributed by atoms with Gasteiger partial charge in [0.05, 0.1) is 19.9 Å². The number of hydrazone groups is 1. The van der Waals surface area contributed by atoms with E-state index in [2.05, 4.69) is 33.4 Å². The molecule has 7 heteroatoms. The van der Waals surface area contributed by atoms with Gasteiger partial charge in [0.25, 0.3) is 5.91 Å². The summed E-state index contributed by atoms with van der Waals surface area (Å²) in [6, 6.07) is 12.8. The maximum Gasteiger partial charge on any atom is 0.277 e. The quantitative estimate of drug-likeness (QED) is 0.275. The molecular formula is C22H27BrN2O4. The zero-order valence-electron chi connectivity index (χ0n) is 16.8. The lowest BCUT2D eigenvalue weighted by atomic mass is 10.2. The molecule has 0 saturated carbocycles. The highest BCUT2D eigenvalue weighted by Crippen LogP contribution is 2.27. The molecule has 1 amide bonds. The zero-order chi connectivity index (χ0) is 20.9. The van der Waals surface area contributed by atoms with Gasteiger partial charge in [-0.15, -0.1) is 0 Å². The molecule has 0 spiro atoms. The van der Waals surface area contributed by atoms with Crippen molar-refractivity contribution < 1.29 is 19.0 Å². The van der Waals surface area contributed by atoms with Crippen LogP contribution in [0.5, 0.6) is 17.2 Å². The van der Waals surface area contributed by atoms with Crippen LogP contribution in [0.15, 0.2) is 52.0 Å². The van der Waals surface area contributed by atoms with Crippen LogP contribution < -0.4 is 19.6 Å². The Kier molecular flexibility index (Phi) is 10.1. The van der Waals surface area contributed by atoms with Crippen molar-refractivity contribution in [2.45, 2.75) is 32.6 Å². The van der Waals surface area contributed by atoms with Crippen LogP contribution in [0.25, 0.3) is 0 Å². The Balaban J connectivity index is 1.80. The molecular weight excluding hydrogens is 436 g/mol. The van der Waals surface area contributed by atoms with Gasteiger partial charge in [0, 0.05) is 4.47 Å². The molecule has 1 N–H and O–H groups in total. The monoisotopic (exact) mass is 462 g/mol. The lowest BCUT2D eigenvalue weighted by molar-refractivity contribution is -0.123. The van der Waals surface area contributed by atoms with Crippen LogP contribution >= 0.6 is 15.9 Å². The minimum atomic E-state index is -0.347. The Hall–Kier alpha value is -2.54. The first-order valence-electron chi connectivity index (χ1n) is 9.63. The van der Waals surface area contributed by atoms with E-state index in [1.165, 1.54) is 12.8 Å². The first-order chi connectivity index (χ1) is 14.1. The molecule has 0 heterocycles. The molecule has 0 aliphatic rings. The van der Waals surface area contributed by atoms with E-state index in [0.717, 1.165) is 22.9 Å². The summed E-state index contributed by atoms with van der Waals surface area (Å²) in [6.07, 6.45) is 6.15. The molecule has 6 nitrogen and oxygen atoms in total. The molecule has 2 rings (SSSR count). The minimum Gasteiger partial charge on any atom is -0.493 e. The summed E-state index contributed by atoms with van der Waals surface area (Å²) in [7, 11) is 1.60. The van der Waals surface area contributed by atoms with Gasteiger partial charge in [-0.2, -0.15) is 5.10 Å². The van der Waals surface area contributed by atoms with Crippen molar-refractivity contribution in [2.75, 3.05) is 20.3 Å². The van der Waals surface area contributed by atoms with Gasteiger partial charge >= 0.3 is 0 Å². The van der Waals surface area contributed by atoms with Crippen molar-refractivity contribution in [2.24, 2.45) is 5.10 Å². The number of rotatable bonds is 12. The van der Waals surface area contributed by atoms with Crippen LogP contribution in [0, 0.1) is 0 Å². The van der Waals surface area contributed by atoms with Crippen LogP contribution in [-0.4, -0.2) is 32.4 Å². The number of nitrogens with zero attached hydrogens (tertiary/aromatic N) is 1. The van der Waals surface area contributed by atoms with Gasteiger partial charge in [-0.1, -0.05) is 48.2 Å². The van der Waals surface area contributed by atoms with E-state index in [-0.39, 0.29) is 12.5 Å². The Labute approximate surface area is 180 Å². The van der Waals surface area contributed by atoms with E-state index in [0.29, 0.717) is 23.9 Å². The number of hydrogen-bond acceptors (Lipinski definition) is 5. The highest BCUT2D eigenvalue weighted by Gasteiger charge is 2.06. The molecule has 156 valence electrons. The number of halogens is 1. The Morgan fingerprint density at radius 2 is 1.97 bits per heavy atom. The number of methoxy groups -OCH3 is 1. The van der Waals surface area contributed by atoms with Crippen molar-refractivity contribution in [1.82, 2.24) is 5.43 Å². The highest BCUT2D eigenvalue weighted by atomic mass is 79.9. The summed E-state index contributed by atoms with van der Waals surface area (Å²) in [5.74, 6) is 1.59. The Morgan fingerprint density at radius 1 is 1.10 bits per heavy atom. The topological polar surface area (TPSA) is 69.2 Å². The fourth-order valence-electron chi connectivity index (χ4n) is 2.51. The fourth-order valence-corrected chi connectivity index (χ4v) is 2.89. The van der Waals surface area contributed by atoms with Crippen molar-refractivity contribution >= 4 is 28.1 Å². The maximum absolute atomic E-state index is 11.9. The van der Waals surface area contributed by atoms with Crippen molar-refractivity contribution in [1.29, 1.82) is 0 Å². The number of carbonyl (C=O) groups is 1. The van der Waals surface area contributed by atoms with Gasteiger partial charge in [0.1, 0.15) is 5.75 Å². The number of ether oxygens (including phenoxy) is 3. The van der Waals surface area contributed by atoms with Crippen molar-refractivity contribution in [3.8, 4) is 17.2 Å². The SMILES string of the molecule is CCCCCCOc1ccc(/C=N/NC(=O)COc2cccc(Br)c2)cc1OC. The van der Waals surface area contributed by atoms with E-state index >= 15 is 0 Å². The van der Waals surface area contributed by atoms with Gasteiger partial charge in [0.2, 0.25) is 0 Å². The molecule has 0 fully saturated rings. The Bertz CT molecular complexity index is 811. The number of benzene rings is 2. The third kappa shape index (κ3) is 8.56. The average molecular weight is 463 g/mol. The molecule has 0 bridgehead atoms. The first kappa shape index (κ1) is 22.7. The molecule has 0 aromatic heterocycles. The summed E-state index contributed by atoms with van der Waals surface area (Å²) < 4.78 is 17.5. The molecule has 29 heavy (non-hydrogen) atoms. The second-order valence-electron chi connectivity index (χ2n) is 6.36. The molecule has 0 saturated heterocycles. The standard InChI is InChI=1S/C22H27BrN2O4/c1-3-4-5-6-12-28-20-11-10-17(13-21(20)27-2)15-24-25-22(26)16-29-19-9-7-8-18(23)14-19/h7-11,13-15H,3-6,12,16H2,1-2H3,(H,25,26)/b24-15+. The summed E-state index contributed by atoms with van der Waals surface area (Å²) in [5, 5.41) is 3.96. The van der Waals surface area contributed by atoms with Crippen LogP contribution in [0.1, 0.15) is 38.2 Å². The summed E-state index contributed by atoms with van der Waals surface area (Å²) in [5.41, 5.74) is 3.23. The molecule has 0 unspecified atom stereocenters. The number of nitrogens with one attached hydrogen (secondary N) is 1. The van der Waals surface area contributed by atoms with Crippen molar-refractivity contribution in [3.63, 3.8) is 0 Å². The number of unbranched alkanes of at least 4 members (excludes halogenated alkanes) is 3. The predicted octanol–water partition coefficient (Wildman–Crippen LogP) is 4.95. The summed E-state index contributed by atoms with van der Waals surface area (Å²) in [6.45, 7) is 2.72. The maximum atomic E-state index is 11.9. The normalized spacial score (nSPS) is 10.7. The fraction of sp³-hybridized carbons (Fsp3) is 0.364. The van der Waals surface area contributed by atoms with Gasteiger partial charge < -0.3 is 14.2 Å². The van der Waals surface area contributed by atoms with Crippen LogP contribution in [0.4, 0.5) is 0 Å². The molecule has 0 radical (unpaired) electrons. The van der Waals surface area contributed by atoms with Crippen LogP contribution in [-0.2, 0) is 4.79 Å². The van der Waals surface area contributed by atoms with Gasteiger partial charge in [-0.25, -0.2) is 5.43 Å². The average Bonchev–Trinajstić information content (AvgIpc) is 2.73. The van der Waals surface area contributed by atoms with E-state index in [9.17, 15) is 4.79 Å². The molecule has 0 aliphatic heterocycles. The van der Waals surface area contributed by atoms with E-state index in [1.807, 2.05) is 30.3 Å². The summed E-state index contributed by atoms with van der Waals surface area (Å²) >= 11 is 3.35. The summed E-state index contributed by atoms with van der Waals surface area (Å²) in [4.78, 5) is 11.9. The molecule has 2 aromatic rings. The van der Waals surface area contributed by atoms with Gasteiger partial charge in [0.15, 0.2) is 18.1 Å². The van der Waals surface area contributed by atoms with E-state index in [4.69, 9.17) is 14.2 Å². The zero-order valence-corrected chi connectivity index (χ0v) is 18.4. The van der Waals surface area contributed by atoms with Crippen LogP contribution in [0.3, 0.4) is 0 Å². The number of hydrogen-bond donors (Lipinski definition) is 1. The third-order valence-corrected chi connectivity index (χ3v) is 4.51. The molecule has 2 aromatic carbocycles. The predicted molar refractivity (Wildman–Crippen MR) is 118 cm³/mol. The minimum absolute atomic E-state index is 0.123. The molecule has 0 aliphatic carbocycles. The van der Waals surface area contributed by atoms with Gasteiger partial charge in [-0.3, -0.25) is 4.79 Å².